The summed E-state index contributed by atoms with van der Waals surface area (Å²) in [5.41, 5.74) is -0.645. The molecule has 1 fully saturated rings. The van der Waals surface area contributed by atoms with Gasteiger partial charge in [-0.2, -0.15) is 0 Å². The molecule has 2 heterocycles. The van der Waals surface area contributed by atoms with Crippen LogP contribution in [-0.4, -0.2) is 62.2 Å². The number of imidazole rings is 1. The molecule has 12 heteroatoms. The topological polar surface area (TPSA) is 140 Å². The van der Waals surface area contributed by atoms with Gasteiger partial charge in [-0.1, -0.05) is 68.8 Å². The summed E-state index contributed by atoms with van der Waals surface area (Å²) < 4.78 is 6.62. The molecule has 0 radical (unpaired) electrons. The summed E-state index contributed by atoms with van der Waals surface area (Å²) in [4.78, 5) is 70.9. The number of nitrogens with zero attached hydrogens (tertiary/aromatic N) is 3. The van der Waals surface area contributed by atoms with Gasteiger partial charge in [0.15, 0.2) is 17.5 Å². The Balaban J connectivity index is 1.54. The first-order valence-corrected chi connectivity index (χ1v) is 15.0. The number of carbonyl (C=O) groups is 5. The molecule has 1 unspecified atom stereocenters. The maximum atomic E-state index is 13.9. The Morgan fingerprint density at radius 1 is 1.00 bits per heavy atom. The van der Waals surface area contributed by atoms with Crippen molar-refractivity contribution >= 4 is 46.9 Å². The van der Waals surface area contributed by atoms with E-state index in [-0.39, 0.29) is 28.0 Å². The molecule has 44 heavy (non-hydrogen) atoms. The lowest BCUT2D eigenvalue weighted by atomic mass is 10.0. The number of unbranched alkanes of at least 4 members (excludes halogenated alkanes) is 5. The quantitative estimate of drug-likeness (QED) is 0.136. The van der Waals surface area contributed by atoms with Crippen molar-refractivity contribution in [2.45, 2.75) is 70.9 Å². The number of anilines is 1. The zero-order valence-electron chi connectivity index (χ0n) is 25.0. The highest BCUT2D eigenvalue weighted by molar-refractivity contribution is 6.34. The number of hydrogen-bond donors (Lipinski definition) is 2. The van der Waals surface area contributed by atoms with Gasteiger partial charge in [-0.3, -0.25) is 23.7 Å². The number of cyclic esters (lactones) is 1. The highest BCUT2D eigenvalue weighted by atomic mass is 35.5. The summed E-state index contributed by atoms with van der Waals surface area (Å²) in [6.45, 7) is 5.42. The lowest BCUT2D eigenvalue weighted by Gasteiger charge is -2.23. The van der Waals surface area contributed by atoms with Crippen LogP contribution in [0, 0.1) is 0 Å². The van der Waals surface area contributed by atoms with Gasteiger partial charge in [0.05, 0.1) is 10.7 Å². The van der Waals surface area contributed by atoms with Crippen LogP contribution in [0.15, 0.2) is 60.9 Å². The van der Waals surface area contributed by atoms with Crippen LogP contribution in [0.5, 0.6) is 0 Å². The minimum absolute atomic E-state index is 0.0261. The summed E-state index contributed by atoms with van der Waals surface area (Å²) in [5, 5.41) is 5.43. The lowest BCUT2D eigenvalue weighted by Crippen LogP contribution is -2.53. The van der Waals surface area contributed by atoms with E-state index in [1.165, 1.54) is 68.3 Å². The first-order chi connectivity index (χ1) is 21.0. The number of benzene rings is 2. The van der Waals surface area contributed by atoms with E-state index in [0.717, 1.165) is 19.3 Å². The first kappa shape index (κ1) is 32.4. The van der Waals surface area contributed by atoms with Gasteiger partial charge in [0.1, 0.15) is 0 Å². The Morgan fingerprint density at radius 3 is 2.36 bits per heavy atom. The number of amides is 4. The molecule has 232 valence electrons. The van der Waals surface area contributed by atoms with Gasteiger partial charge in [0.25, 0.3) is 17.7 Å². The van der Waals surface area contributed by atoms with Crippen LogP contribution in [-0.2, 0) is 14.3 Å². The smallest absolute Gasteiger partial charge is 0.418 e. The summed E-state index contributed by atoms with van der Waals surface area (Å²) >= 11 is 6.43. The zero-order chi connectivity index (χ0) is 31.9. The summed E-state index contributed by atoms with van der Waals surface area (Å²) in [6, 6.07) is 11.1. The molecular formula is C32H36ClN5O6. The fraction of sp³-hybridized carbons (Fsp3) is 0.375. The molecule has 0 saturated carbocycles. The number of para-hydroxylation sites is 1. The molecule has 2 N–H and O–H groups in total. The van der Waals surface area contributed by atoms with Crippen molar-refractivity contribution in [3.8, 4) is 5.69 Å². The van der Waals surface area contributed by atoms with E-state index < -0.39 is 35.3 Å². The Kier molecular flexibility index (Phi) is 10.5. The molecule has 0 spiro atoms. The van der Waals surface area contributed by atoms with E-state index >= 15 is 0 Å². The molecule has 4 rings (SSSR count). The third-order valence-corrected chi connectivity index (χ3v) is 7.54. The SMILES string of the molecule is CCCCCCCCNC(=O)c1ccc(NC(=O)C(C(=O)c2nccn2-c2ccccc2)N2C(=O)OC(C)(C)C2=O)c(Cl)c1. The summed E-state index contributed by atoms with van der Waals surface area (Å²) in [7, 11) is 0. The van der Waals surface area contributed by atoms with E-state index in [1.807, 2.05) is 0 Å². The van der Waals surface area contributed by atoms with Gasteiger partial charge < -0.3 is 15.4 Å². The van der Waals surface area contributed by atoms with E-state index in [4.69, 9.17) is 16.3 Å². The monoisotopic (exact) mass is 621 g/mol. The second-order valence-electron chi connectivity index (χ2n) is 11.0. The number of nitrogens with one attached hydrogen (secondary N) is 2. The average molecular weight is 622 g/mol. The fourth-order valence-electron chi connectivity index (χ4n) is 4.83. The van der Waals surface area contributed by atoms with Crippen LogP contribution >= 0.6 is 11.6 Å². The number of halogens is 1. The number of carbonyl (C=O) groups excluding carboxylic acids is 5. The van der Waals surface area contributed by atoms with Gasteiger partial charge in [0.2, 0.25) is 5.78 Å². The Hall–Kier alpha value is -4.51. The van der Waals surface area contributed by atoms with Crippen LogP contribution in [0.3, 0.4) is 0 Å². The maximum Gasteiger partial charge on any atom is 0.418 e. The minimum atomic E-state index is -1.96. The number of aromatic nitrogens is 2. The second-order valence-corrected chi connectivity index (χ2v) is 11.4. The summed E-state index contributed by atoms with van der Waals surface area (Å²) in [5.74, 6) is -3.28. The third kappa shape index (κ3) is 7.34. The number of Topliss-reactive ketones (excluding diaryl/α,β-unsaturated/α-hetero) is 1. The van der Waals surface area contributed by atoms with Crippen LogP contribution in [0.2, 0.25) is 5.02 Å². The normalized spacial score (nSPS) is 14.7. The number of hydrogen-bond acceptors (Lipinski definition) is 7. The van der Waals surface area contributed by atoms with Gasteiger partial charge in [-0.05, 0) is 50.6 Å². The molecule has 0 aliphatic carbocycles. The molecule has 1 atom stereocenters. The Labute approximate surface area is 260 Å². The largest absolute Gasteiger partial charge is 0.433 e. The lowest BCUT2D eigenvalue weighted by molar-refractivity contribution is -0.137. The van der Waals surface area contributed by atoms with E-state index in [2.05, 4.69) is 22.5 Å². The molecule has 1 saturated heterocycles. The van der Waals surface area contributed by atoms with Crippen molar-refractivity contribution in [3.63, 3.8) is 0 Å². The van der Waals surface area contributed by atoms with Crippen molar-refractivity contribution in [2.75, 3.05) is 11.9 Å². The van der Waals surface area contributed by atoms with Crippen molar-refractivity contribution < 1.29 is 28.7 Å². The van der Waals surface area contributed by atoms with Gasteiger partial charge in [-0.25, -0.2) is 14.7 Å². The Morgan fingerprint density at radius 2 is 1.70 bits per heavy atom. The molecule has 1 aliphatic heterocycles. The van der Waals surface area contributed by atoms with Crippen LogP contribution < -0.4 is 10.6 Å². The average Bonchev–Trinajstić information content (AvgIpc) is 3.56. The van der Waals surface area contributed by atoms with Crippen LogP contribution in [0.4, 0.5) is 10.5 Å². The zero-order valence-corrected chi connectivity index (χ0v) is 25.7. The highest BCUT2D eigenvalue weighted by Crippen LogP contribution is 2.29. The van der Waals surface area contributed by atoms with Crippen molar-refractivity contribution in [3.05, 3.63) is 77.3 Å². The molecule has 4 amide bonds. The maximum absolute atomic E-state index is 13.9. The highest BCUT2D eigenvalue weighted by Gasteiger charge is 2.54. The van der Waals surface area contributed by atoms with E-state index in [9.17, 15) is 24.0 Å². The predicted molar refractivity (Wildman–Crippen MR) is 165 cm³/mol. The molecule has 3 aromatic rings. The van der Waals surface area contributed by atoms with Gasteiger partial charge in [-0.15, -0.1) is 0 Å². The third-order valence-electron chi connectivity index (χ3n) is 7.23. The minimum Gasteiger partial charge on any atom is -0.433 e. The second kappa shape index (κ2) is 14.3. The van der Waals surface area contributed by atoms with Crippen molar-refractivity contribution in [1.29, 1.82) is 0 Å². The number of ether oxygens (including phenoxy) is 1. The predicted octanol–water partition coefficient (Wildman–Crippen LogP) is 5.56. The van der Waals surface area contributed by atoms with Gasteiger partial charge in [0, 0.05) is 30.2 Å². The molecule has 1 aromatic heterocycles. The van der Waals surface area contributed by atoms with Gasteiger partial charge >= 0.3 is 6.09 Å². The number of ketones is 1. The van der Waals surface area contributed by atoms with Crippen molar-refractivity contribution in [1.82, 2.24) is 19.8 Å². The number of rotatable bonds is 14. The van der Waals surface area contributed by atoms with Crippen LogP contribution in [0.1, 0.15) is 80.3 Å². The molecule has 1 aliphatic rings. The molecular weight excluding hydrogens is 586 g/mol. The van der Waals surface area contributed by atoms with Crippen molar-refractivity contribution in [2.24, 2.45) is 0 Å². The first-order valence-electron chi connectivity index (χ1n) is 14.6. The fourth-order valence-corrected chi connectivity index (χ4v) is 5.06. The molecule has 0 bridgehead atoms. The van der Waals surface area contributed by atoms with Crippen LogP contribution in [0.25, 0.3) is 5.69 Å². The molecule has 11 nitrogen and oxygen atoms in total. The summed E-state index contributed by atoms with van der Waals surface area (Å²) in [6.07, 6.45) is 8.33. The standard InChI is InChI=1S/C32H36ClN5O6/c1-4-5-6-7-8-12-17-35-28(40)21-15-16-24(23(33)20-21)36-29(41)25(38-30(42)32(2,3)44-31(38)43)26(39)27-34-18-19-37(27)22-13-10-9-11-14-22/h9-11,13-16,18-20,25H,4-8,12,17H2,1-3H3,(H,35,40)(H,36,41). The molecule has 2 aromatic carbocycles. The number of imide groups is 1. The Bertz CT molecular complexity index is 1540. The van der Waals surface area contributed by atoms with E-state index in [1.54, 1.807) is 30.3 Å². The van der Waals surface area contributed by atoms with E-state index in [0.29, 0.717) is 17.1 Å².